The van der Waals surface area contributed by atoms with Crippen molar-refractivity contribution in [1.29, 1.82) is 0 Å². The number of benzene rings is 2. The van der Waals surface area contributed by atoms with Crippen LogP contribution in [0.5, 0.6) is 5.75 Å². The molecule has 0 bridgehead atoms. The normalized spacial score (nSPS) is 11.8. The molecule has 0 saturated heterocycles. The zero-order valence-corrected chi connectivity index (χ0v) is 15.2. The number of nitrogens with one attached hydrogen (secondary N) is 1. The molecule has 1 atom stereocenters. The maximum absolute atomic E-state index is 12.0. The van der Waals surface area contributed by atoms with Gasteiger partial charge in [-0.3, -0.25) is 4.79 Å². The number of rotatable bonds is 8. The molecule has 0 unspecified atom stereocenters. The third-order valence-electron chi connectivity index (χ3n) is 3.88. The van der Waals surface area contributed by atoms with Crippen LogP contribution >= 0.6 is 0 Å². The van der Waals surface area contributed by atoms with E-state index in [4.69, 9.17) is 14.0 Å². The van der Waals surface area contributed by atoms with Crippen molar-refractivity contribution in [2.45, 2.75) is 19.6 Å². The lowest BCUT2D eigenvalue weighted by Crippen LogP contribution is -2.30. The van der Waals surface area contributed by atoms with Crippen LogP contribution in [0.25, 0.3) is 11.4 Å². The van der Waals surface area contributed by atoms with E-state index in [2.05, 4.69) is 15.5 Å². The number of hydrogen-bond acceptors (Lipinski definition) is 6. The van der Waals surface area contributed by atoms with E-state index in [1.165, 1.54) is 0 Å². The van der Waals surface area contributed by atoms with Gasteiger partial charge < -0.3 is 19.3 Å². The summed E-state index contributed by atoms with van der Waals surface area (Å²) in [6, 6.07) is 16.6. The molecule has 1 N–H and O–H groups in total. The predicted molar refractivity (Wildman–Crippen MR) is 98.9 cm³/mol. The van der Waals surface area contributed by atoms with E-state index in [0.717, 1.165) is 16.9 Å². The summed E-state index contributed by atoms with van der Waals surface area (Å²) in [5, 5.41) is 6.75. The van der Waals surface area contributed by atoms with E-state index in [1.54, 1.807) is 14.0 Å². The molecule has 0 aliphatic carbocycles. The molecule has 27 heavy (non-hydrogen) atoms. The van der Waals surface area contributed by atoms with E-state index >= 15 is 0 Å². The Morgan fingerprint density at radius 1 is 1.15 bits per heavy atom. The van der Waals surface area contributed by atoms with Crippen LogP contribution in [0, 0.1) is 0 Å². The third-order valence-corrected chi connectivity index (χ3v) is 3.88. The van der Waals surface area contributed by atoms with Gasteiger partial charge in [0, 0.05) is 5.56 Å². The van der Waals surface area contributed by atoms with Gasteiger partial charge >= 0.3 is 0 Å². The third kappa shape index (κ3) is 5.15. The standard InChI is InChI=1S/C20H21N3O4/c1-14(21-18(24)13-26-12-15-6-4-3-5-7-15)20-22-19(23-27-20)16-8-10-17(25-2)11-9-16/h3-11,14H,12-13H2,1-2H3,(H,21,24)/t14-/m1/s1. The molecule has 7 heteroatoms. The maximum atomic E-state index is 12.0. The molecule has 0 radical (unpaired) electrons. The fourth-order valence-corrected chi connectivity index (χ4v) is 2.45. The quantitative estimate of drug-likeness (QED) is 0.658. The SMILES string of the molecule is COc1ccc(-c2noc([C@@H](C)NC(=O)COCc3ccccc3)n2)cc1. The highest BCUT2D eigenvalue weighted by atomic mass is 16.5. The van der Waals surface area contributed by atoms with Crippen LogP contribution in [0.4, 0.5) is 0 Å². The number of aromatic nitrogens is 2. The molecule has 0 aliphatic heterocycles. The summed E-state index contributed by atoms with van der Waals surface area (Å²) in [4.78, 5) is 16.4. The Balaban J connectivity index is 1.51. The first-order chi connectivity index (χ1) is 13.2. The van der Waals surface area contributed by atoms with Gasteiger partial charge in [-0.1, -0.05) is 35.5 Å². The van der Waals surface area contributed by atoms with E-state index < -0.39 is 6.04 Å². The number of ether oxygens (including phenoxy) is 2. The molecule has 0 fully saturated rings. The van der Waals surface area contributed by atoms with E-state index in [0.29, 0.717) is 18.3 Å². The number of amides is 1. The lowest BCUT2D eigenvalue weighted by Gasteiger charge is -2.10. The highest BCUT2D eigenvalue weighted by molar-refractivity contribution is 5.77. The number of carbonyl (C=O) groups excluding carboxylic acids is 1. The van der Waals surface area contributed by atoms with Crippen LogP contribution in [0.3, 0.4) is 0 Å². The van der Waals surface area contributed by atoms with Gasteiger partial charge in [-0.25, -0.2) is 0 Å². The smallest absolute Gasteiger partial charge is 0.249 e. The molecule has 1 aromatic heterocycles. The lowest BCUT2D eigenvalue weighted by molar-refractivity contribution is -0.126. The molecule has 0 saturated carbocycles. The Kier molecular flexibility index (Phi) is 6.17. The lowest BCUT2D eigenvalue weighted by atomic mass is 10.2. The number of nitrogens with zero attached hydrogens (tertiary/aromatic N) is 2. The minimum absolute atomic E-state index is 0.0429. The van der Waals surface area contributed by atoms with Crippen LogP contribution in [0.15, 0.2) is 59.1 Å². The Hall–Kier alpha value is -3.19. The zero-order valence-electron chi connectivity index (χ0n) is 15.2. The summed E-state index contributed by atoms with van der Waals surface area (Å²) in [7, 11) is 1.61. The molecule has 2 aromatic carbocycles. The van der Waals surface area contributed by atoms with Crippen molar-refractivity contribution in [1.82, 2.24) is 15.5 Å². The van der Waals surface area contributed by atoms with Gasteiger partial charge in [0.05, 0.1) is 13.7 Å². The van der Waals surface area contributed by atoms with Crippen LogP contribution < -0.4 is 10.1 Å². The average Bonchev–Trinajstić information content (AvgIpc) is 3.19. The second-order valence-corrected chi connectivity index (χ2v) is 5.95. The molecule has 140 valence electrons. The predicted octanol–water partition coefficient (Wildman–Crippen LogP) is 3.14. The molecule has 3 aromatic rings. The van der Waals surface area contributed by atoms with Crippen LogP contribution in [0.2, 0.25) is 0 Å². The summed E-state index contributed by atoms with van der Waals surface area (Å²) in [5.74, 6) is 1.28. The average molecular weight is 367 g/mol. The van der Waals surface area contributed by atoms with Gasteiger partial charge in [-0.2, -0.15) is 4.98 Å². The Bertz CT molecular complexity index is 862. The fraction of sp³-hybridized carbons (Fsp3) is 0.250. The topological polar surface area (TPSA) is 86.5 Å². The molecule has 1 heterocycles. The second kappa shape index (κ2) is 8.95. The van der Waals surface area contributed by atoms with Crippen molar-refractivity contribution in [2.75, 3.05) is 13.7 Å². The molecule has 7 nitrogen and oxygen atoms in total. The first-order valence-electron chi connectivity index (χ1n) is 8.55. The van der Waals surface area contributed by atoms with Crippen molar-refractivity contribution in [3.8, 4) is 17.1 Å². The summed E-state index contributed by atoms with van der Waals surface area (Å²) in [5.41, 5.74) is 1.81. The monoisotopic (exact) mass is 367 g/mol. The van der Waals surface area contributed by atoms with Crippen molar-refractivity contribution in [2.24, 2.45) is 0 Å². The highest BCUT2D eigenvalue weighted by Gasteiger charge is 2.17. The van der Waals surface area contributed by atoms with E-state index in [9.17, 15) is 4.79 Å². The first-order valence-corrected chi connectivity index (χ1v) is 8.55. The molecule has 1 amide bonds. The van der Waals surface area contributed by atoms with E-state index in [-0.39, 0.29) is 12.5 Å². The molecular weight excluding hydrogens is 346 g/mol. The minimum atomic E-state index is -0.419. The van der Waals surface area contributed by atoms with Crippen molar-refractivity contribution in [3.05, 3.63) is 66.1 Å². The largest absolute Gasteiger partial charge is 0.497 e. The molecule has 3 rings (SSSR count). The first kappa shape index (κ1) is 18.6. The Labute approximate surface area is 157 Å². The van der Waals surface area contributed by atoms with Gasteiger partial charge in [0.2, 0.25) is 17.6 Å². The number of carbonyl (C=O) groups is 1. The Morgan fingerprint density at radius 2 is 1.89 bits per heavy atom. The molecule has 0 spiro atoms. The zero-order chi connectivity index (χ0) is 19.1. The van der Waals surface area contributed by atoms with Crippen molar-refractivity contribution >= 4 is 5.91 Å². The summed E-state index contributed by atoms with van der Waals surface area (Å²) >= 11 is 0. The summed E-state index contributed by atoms with van der Waals surface area (Å²) < 4.78 is 15.8. The van der Waals surface area contributed by atoms with Crippen molar-refractivity contribution in [3.63, 3.8) is 0 Å². The number of hydrogen-bond donors (Lipinski definition) is 1. The second-order valence-electron chi connectivity index (χ2n) is 5.95. The number of methoxy groups -OCH3 is 1. The van der Waals surface area contributed by atoms with Crippen LogP contribution in [-0.2, 0) is 16.1 Å². The van der Waals surface area contributed by atoms with Gasteiger partial charge in [0.25, 0.3) is 0 Å². The molecular formula is C20H21N3O4. The molecule has 0 aliphatic rings. The minimum Gasteiger partial charge on any atom is -0.497 e. The maximum Gasteiger partial charge on any atom is 0.249 e. The van der Waals surface area contributed by atoms with Gasteiger partial charge in [0.1, 0.15) is 18.4 Å². The van der Waals surface area contributed by atoms with Crippen molar-refractivity contribution < 1.29 is 18.8 Å². The van der Waals surface area contributed by atoms with E-state index in [1.807, 2.05) is 54.6 Å². The summed E-state index contributed by atoms with van der Waals surface area (Å²) in [6.07, 6.45) is 0. The van der Waals surface area contributed by atoms with Gasteiger partial charge in [-0.15, -0.1) is 0 Å². The highest BCUT2D eigenvalue weighted by Crippen LogP contribution is 2.21. The van der Waals surface area contributed by atoms with Gasteiger partial charge in [0.15, 0.2) is 0 Å². The van der Waals surface area contributed by atoms with Crippen LogP contribution in [-0.4, -0.2) is 29.8 Å². The van der Waals surface area contributed by atoms with Gasteiger partial charge in [-0.05, 0) is 36.8 Å². The Morgan fingerprint density at radius 3 is 2.59 bits per heavy atom. The van der Waals surface area contributed by atoms with Crippen LogP contribution in [0.1, 0.15) is 24.4 Å². The summed E-state index contributed by atoms with van der Waals surface area (Å²) in [6.45, 7) is 2.12. The fourth-order valence-electron chi connectivity index (χ4n) is 2.45.